The Morgan fingerprint density at radius 3 is 2.24 bits per heavy atom. The molecule has 0 atom stereocenters. The average molecular weight is 368 g/mol. The molecule has 1 N–H and O–H groups in total. The van der Waals surface area contributed by atoms with E-state index in [2.05, 4.69) is 21.2 Å². The molecule has 0 saturated carbocycles. The summed E-state index contributed by atoms with van der Waals surface area (Å²) in [7, 11) is -3.25. The van der Waals surface area contributed by atoms with Gasteiger partial charge in [0.1, 0.15) is 0 Å². The molecule has 0 aliphatic heterocycles. The zero-order valence-corrected chi connectivity index (χ0v) is 14.0. The number of halogens is 1. The third-order valence-electron chi connectivity index (χ3n) is 2.97. The SMILES string of the molecule is Cc1ccc(NC(=O)c2ccc(S(C)(=O)=O)cc2)cc1Br. The van der Waals surface area contributed by atoms with Crippen LogP contribution in [0.5, 0.6) is 0 Å². The smallest absolute Gasteiger partial charge is 0.255 e. The molecule has 0 aliphatic carbocycles. The van der Waals surface area contributed by atoms with Crippen LogP contribution in [-0.2, 0) is 9.84 Å². The Morgan fingerprint density at radius 2 is 1.71 bits per heavy atom. The molecule has 0 unspecified atom stereocenters. The van der Waals surface area contributed by atoms with Crippen LogP contribution in [0.15, 0.2) is 51.8 Å². The second-order valence-electron chi connectivity index (χ2n) is 4.71. The molecule has 2 aromatic rings. The van der Waals surface area contributed by atoms with Crippen LogP contribution >= 0.6 is 15.9 Å². The number of amides is 1. The molecule has 4 nitrogen and oxygen atoms in total. The number of hydrogen-bond donors (Lipinski definition) is 1. The van der Waals surface area contributed by atoms with Crippen LogP contribution in [0, 0.1) is 6.92 Å². The molecule has 21 heavy (non-hydrogen) atoms. The molecular formula is C15H14BrNO3S. The fraction of sp³-hybridized carbons (Fsp3) is 0.133. The Morgan fingerprint density at radius 1 is 1.10 bits per heavy atom. The van der Waals surface area contributed by atoms with Crippen molar-refractivity contribution in [1.82, 2.24) is 0 Å². The molecule has 0 aliphatic rings. The van der Waals surface area contributed by atoms with E-state index in [9.17, 15) is 13.2 Å². The largest absolute Gasteiger partial charge is 0.322 e. The van der Waals surface area contributed by atoms with E-state index in [1.807, 2.05) is 25.1 Å². The van der Waals surface area contributed by atoms with Crippen molar-refractivity contribution in [3.05, 3.63) is 58.1 Å². The zero-order valence-electron chi connectivity index (χ0n) is 11.6. The molecule has 0 saturated heterocycles. The van der Waals surface area contributed by atoms with Gasteiger partial charge in [-0.1, -0.05) is 22.0 Å². The van der Waals surface area contributed by atoms with Crippen LogP contribution in [0.25, 0.3) is 0 Å². The van der Waals surface area contributed by atoms with Crippen LogP contribution in [0.3, 0.4) is 0 Å². The quantitative estimate of drug-likeness (QED) is 0.903. The monoisotopic (exact) mass is 367 g/mol. The minimum Gasteiger partial charge on any atom is -0.322 e. The summed E-state index contributed by atoms with van der Waals surface area (Å²) in [6.45, 7) is 1.96. The van der Waals surface area contributed by atoms with E-state index in [0.717, 1.165) is 16.3 Å². The van der Waals surface area contributed by atoms with Crippen molar-refractivity contribution >= 4 is 37.4 Å². The zero-order chi connectivity index (χ0) is 15.6. The molecule has 0 spiro atoms. The third kappa shape index (κ3) is 3.92. The van der Waals surface area contributed by atoms with E-state index >= 15 is 0 Å². The molecule has 2 aromatic carbocycles. The van der Waals surface area contributed by atoms with Crippen LogP contribution in [0.2, 0.25) is 0 Å². The molecule has 0 fully saturated rings. The summed E-state index contributed by atoms with van der Waals surface area (Å²) >= 11 is 3.41. The maximum absolute atomic E-state index is 12.1. The maximum atomic E-state index is 12.1. The summed E-state index contributed by atoms with van der Waals surface area (Å²) in [6, 6.07) is 11.4. The van der Waals surface area contributed by atoms with E-state index in [4.69, 9.17) is 0 Å². The van der Waals surface area contributed by atoms with E-state index in [0.29, 0.717) is 11.3 Å². The van der Waals surface area contributed by atoms with Gasteiger partial charge < -0.3 is 5.32 Å². The highest BCUT2D eigenvalue weighted by molar-refractivity contribution is 9.10. The lowest BCUT2D eigenvalue weighted by atomic mass is 10.2. The minimum absolute atomic E-state index is 0.192. The highest BCUT2D eigenvalue weighted by atomic mass is 79.9. The predicted octanol–water partition coefficient (Wildman–Crippen LogP) is 3.41. The van der Waals surface area contributed by atoms with Crippen LogP contribution in [0.1, 0.15) is 15.9 Å². The van der Waals surface area contributed by atoms with E-state index < -0.39 is 9.84 Å². The first-order valence-electron chi connectivity index (χ1n) is 6.15. The van der Waals surface area contributed by atoms with Crippen molar-refractivity contribution in [2.45, 2.75) is 11.8 Å². The normalized spacial score (nSPS) is 11.2. The van der Waals surface area contributed by atoms with Gasteiger partial charge in [0.2, 0.25) is 0 Å². The molecular weight excluding hydrogens is 354 g/mol. The first-order valence-corrected chi connectivity index (χ1v) is 8.83. The second kappa shape index (κ2) is 5.99. The van der Waals surface area contributed by atoms with Gasteiger partial charge in [0.25, 0.3) is 5.91 Å². The molecule has 0 aromatic heterocycles. The highest BCUT2D eigenvalue weighted by Gasteiger charge is 2.10. The Kier molecular flexibility index (Phi) is 4.49. The first-order chi connectivity index (χ1) is 9.77. The number of nitrogens with one attached hydrogen (secondary N) is 1. The van der Waals surface area contributed by atoms with Gasteiger partial charge in [-0.25, -0.2) is 8.42 Å². The molecule has 1 amide bonds. The number of aryl methyl sites for hydroxylation is 1. The van der Waals surface area contributed by atoms with Crippen molar-refractivity contribution in [3.63, 3.8) is 0 Å². The molecule has 110 valence electrons. The fourth-order valence-corrected chi connectivity index (χ4v) is 2.74. The minimum atomic E-state index is -3.25. The number of rotatable bonds is 3. The summed E-state index contributed by atoms with van der Waals surface area (Å²) in [5, 5.41) is 2.77. The highest BCUT2D eigenvalue weighted by Crippen LogP contribution is 2.21. The number of sulfone groups is 1. The average Bonchev–Trinajstić information content (AvgIpc) is 2.42. The van der Waals surface area contributed by atoms with E-state index in [1.54, 1.807) is 0 Å². The lowest BCUT2D eigenvalue weighted by Crippen LogP contribution is -2.12. The van der Waals surface area contributed by atoms with E-state index in [-0.39, 0.29) is 10.8 Å². The Balaban J connectivity index is 2.18. The Labute approximate surface area is 132 Å². The Hall–Kier alpha value is -1.66. The standard InChI is InChI=1S/C15H14BrNO3S/c1-10-3-6-12(9-14(10)16)17-15(18)11-4-7-13(8-5-11)21(2,19)20/h3-9H,1-2H3,(H,17,18). The summed E-state index contributed by atoms with van der Waals surface area (Å²) in [6.07, 6.45) is 1.13. The van der Waals surface area contributed by atoms with Gasteiger partial charge in [0, 0.05) is 22.0 Å². The van der Waals surface area contributed by atoms with Crippen molar-refractivity contribution < 1.29 is 13.2 Å². The van der Waals surface area contributed by atoms with Crippen LogP contribution in [0.4, 0.5) is 5.69 Å². The van der Waals surface area contributed by atoms with Gasteiger partial charge in [0.15, 0.2) is 9.84 Å². The topological polar surface area (TPSA) is 63.2 Å². The molecule has 6 heteroatoms. The second-order valence-corrected chi connectivity index (χ2v) is 7.58. The van der Waals surface area contributed by atoms with Crippen molar-refractivity contribution in [2.24, 2.45) is 0 Å². The van der Waals surface area contributed by atoms with Crippen molar-refractivity contribution in [3.8, 4) is 0 Å². The lowest BCUT2D eigenvalue weighted by molar-refractivity contribution is 0.102. The Bertz CT molecular complexity index is 783. The number of carbonyl (C=O) groups is 1. The molecule has 0 heterocycles. The number of carbonyl (C=O) groups excluding carboxylic acids is 1. The maximum Gasteiger partial charge on any atom is 0.255 e. The molecule has 0 radical (unpaired) electrons. The molecule has 2 rings (SSSR count). The molecule has 0 bridgehead atoms. The number of anilines is 1. The predicted molar refractivity (Wildman–Crippen MR) is 86.4 cm³/mol. The van der Waals surface area contributed by atoms with Gasteiger partial charge in [-0.2, -0.15) is 0 Å². The lowest BCUT2D eigenvalue weighted by Gasteiger charge is -2.07. The summed E-state index contributed by atoms with van der Waals surface area (Å²) in [5.41, 5.74) is 2.15. The van der Waals surface area contributed by atoms with Gasteiger partial charge in [0.05, 0.1) is 4.90 Å². The summed E-state index contributed by atoms with van der Waals surface area (Å²) in [5.74, 6) is -0.286. The fourth-order valence-electron chi connectivity index (χ4n) is 1.73. The number of benzene rings is 2. The first kappa shape index (κ1) is 15.7. The van der Waals surface area contributed by atoms with E-state index in [1.165, 1.54) is 24.3 Å². The van der Waals surface area contributed by atoms with Crippen molar-refractivity contribution in [1.29, 1.82) is 0 Å². The van der Waals surface area contributed by atoms with Gasteiger partial charge in [-0.15, -0.1) is 0 Å². The van der Waals surface area contributed by atoms with Crippen LogP contribution in [-0.4, -0.2) is 20.6 Å². The van der Waals surface area contributed by atoms with Gasteiger partial charge >= 0.3 is 0 Å². The van der Waals surface area contributed by atoms with Gasteiger partial charge in [-0.05, 0) is 48.9 Å². The summed E-state index contributed by atoms with van der Waals surface area (Å²) in [4.78, 5) is 12.3. The third-order valence-corrected chi connectivity index (χ3v) is 4.96. The number of hydrogen-bond acceptors (Lipinski definition) is 3. The van der Waals surface area contributed by atoms with Crippen LogP contribution < -0.4 is 5.32 Å². The van der Waals surface area contributed by atoms with Gasteiger partial charge in [-0.3, -0.25) is 4.79 Å². The summed E-state index contributed by atoms with van der Waals surface area (Å²) < 4.78 is 23.6. The van der Waals surface area contributed by atoms with Crippen molar-refractivity contribution in [2.75, 3.05) is 11.6 Å².